The second kappa shape index (κ2) is 12.8. The van der Waals surface area contributed by atoms with E-state index in [-0.39, 0.29) is 24.1 Å². The zero-order valence-corrected chi connectivity index (χ0v) is 22.4. The fourth-order valence-corrected chi connectivity index (χ4v) is 4.83. The van der Waals surface area contributed by atoms with Gasteiger partial charge in [0.15, 0.2) is 11.9 Å². The minimum absolute atomic E-state index is 0.291. The van der Waals surface area contributed by atoms with Crippen molar-refractivity contribution in [3.63, 3.8) is 0 Å². The molecule has 4 rings (SSSR count). The maximum absolute atomic E-state index is 12.4. The molecule has 1 aliphatic rings. The highest BCUT2D eigenvalue weighted by Crippen LogP contribution is 2.30. The van der Waals surface area contributed by atoms with E-state index in [4.69, 9.17) is 23.8 Å². The van der Waals surface area contributed by atoms with Crippen molar-refractivity contribution in [2.75, 3.05) is 20.8 Å². The molecular formula is C26H28F3N3O6S. The SMILES string of the molecule is CCO[C@@H]1[C@@H](OC)[C@H](C)O[C@@H](O/N=C/c2ccc(-c3nc(-c4ccc(OC(F)(F)F)cc4)ns3)cc2)[C@@H]1OC. The van der Waals surface area contributed by atoms with Crippen LogP contribution < -0.4 is 4.74 Å². The topological polar surface area (TPSA) is 93.5 Å². The largest absolute Gasteiger partial charge is 0.573 e. The summed E-state index contributed by atoms with van der Waals surface area (Å²) < 4.78 is 68.2. The minimum atomic E-state index is -4.74. The van der Waals surface area contributed by atoms with Crippen molar-refractivity contribution >= 4 is 17.7 Å². The highest BCUT2D eigenvalue weighted by molar-refractivity contribution is 7.09. The zero-order valence-electron chi connectivity index (χ0n) is 21.6. The second-order valence-electron chi connectivity index (χ2n) is 8.49. The van der Waals surface area contributed by atoms with Crippen LogP contribution >= 0.6 is 11.5 Å². The Morgan fingerprint density at radius 1 is 0.974 bits per heavy atom. The molecular weight excluding hydrogens is 539 g/mol. The predicted octanol–water partition coefficient (Wildman–Crippen LogP) is 5.30. The van der Waals surface area contributed by atoms with Crippen molar-refractivity contribution in [3.05, 3.63) is 54.1 Å². The fourth-order valence-electron chi connectivity index (χ4n) is 4.14. The Balaban J connectivity index is 1.38. The number of rotatable bonds is 10. The average molecular weight is 568 g/mol. The van der Waals surface area contributed by atoms with Gasteiger partial charge < -0.3 is 28.5 Å². The zero-order chi connectivity index (χ0) is 28.0. The number of methoxy groups -OCH3 is 2. The Morgan fingerprint density at radius 3 is 2.26 bits per heavy atom. The number of oxime groups is 1. The lowest BCUT2D eigenvalue weighted by Crippen LogP contribution is -2.59. The smallest absolute Gasteiger partial charge is 0.406 e. The van der Waals surface area contributed by atoms with Crippen LogP contribution in [0, 0.1) is 0 Å². The molecule has 0 aliphatic carbocycles. The third-order valence-corrected chi connectivity index (χ3v) is 6.69. The van der Waals surface area contributed by atoms with Crippen LogP contribution in [-0.4, -0.2) is 73.5 Å². The van der Waals surface area contributed by atoms with Crippen molar-refractivity contribution < 1.29 is 41.7 Å². The van der Waals surface area contributed by atoms with Gasteiger partial charge >= 0.3 is 6.36 Å². The molecule has 0 amide bonds. The Bertz CT molecular complexity index is 1220. The summed E-state index contributed by atoms with van der Waals surface area (Å²) in [6, 6.07) is 12.8. The number of hydrogen-bond donors (Lipinski definition) is 0. The molecule has 2 aromatic carbocycles. The first-order chi connectivity index (χ1) is 18.7. The van der Waals surface area contributed by atoms with Crippen LogP contribution in [0.3, 0.4) is 0 Å². The highest BCUT2D eigenvalue weighted by atomic mass is 32.1. The number of halogens is 3. The van der Waals surface area contributed by atoms with E-state index in [1.54, 1.807) is 20.4 Å². The van der Waals surface area contributed by atoms with E-state index < -0.39 is 18.8 Å². The molecule has 2 heterocycles. The molecule has 39 heavy (non-hydrogen) atoms. The van der Waals surface area contributed by atoms with Gasteiger partial charge in [0.1, 0.15) is 23.0 Å². The van der Waals surface area contributed by atoms with Crippen LogP contribution in [0.15, 0.2) is 53.7 Å². The summed E-state index contributed by atoms with van der Waals surface area (Å²) in [7, 11) is 3.15. The van der Waals surface area contributed by atoms with Crippen LogP contribution in [-0.2, 0) is 23.8 Å². The lowest BCUT2D eigenvalue weighted by Gasteiger charge is -2.42. The molecule has 0 N–H and O–H groups in total. The Kier molecular flexibility index (Phi) is 9.51. The Morgan fingerprint density at radius 2 is 1.64 bits per heavy atom. The van der Waals surface area contributed by atoms with Crippen LogP contribution in [0.2, 0.25) is 0 Å². The number of aromatic nitrogens is 2. The van der Waals surface area contributed by atoms with Gasteiger partial charge in [0.25, 0.3) is 6.29 Å². The molecule has 1 aromatic heterocycles. The average Bonchev–Trinajstić information content (AvgIpc) is 3.39. The molecule has 13 heteroatoms. The van der Waals surface area contributed by atoms with Crippen LogP contribution in [0.25, 0.3) is 22.0 Å². The number of hydrogen-bond acceptors (Lipinski definition) is 10. The monoisotopic (exact) mass is 567 g/mol. The number of ether oxygens (including phenoxy) is 5. The molecule has 0 spiro atoms. The summed E-state index contributed by atoms with van der Waals surface area (Å²) in [5.74, 6) is 0.0987. The van der Waals surface area contributed by atoms with Crippen molar-refractivity contribution in [2.24, 2.45) is 5.16 Å². The van der Waals surface area contributed by atoms with Crippen molar-refractivity contribution in [1.82, 2.24) is 9.36 Å². The summed E-state index contributed by atoms with van der Waals surface area (Å²) in [6.45, 7) is 4.26. The molecule has 0 unspecified atom stereocenters. The Labute approximate surface area is 227 Å². The number of nitrogens with zero attached hydrogens (tertiary/aromatic N) is 3. The van der Waals surface area contributed by atoms with Crippen molar-refractivity contribution in [1.29, 1.82) is 0 Å². The van der Waals surface area contributed by atoms with Crippen LogP contribution in [0.5, 0.6) is 5.75 Å². The lowest BCUT2D eigenvalue weighted by atomic mass is 9.99. The first-order valence-corrected chi connectivity index (χ1v) is 12.8. The van der Waals surface area contributed by atoms with E-state index in [1.807, 2.05) is 38.1 Å². The van der Waals surface area contributed by atoms with Gasteiger partial charge in [-0.15, -0.1) is 13.2 Å². The molecule has 0 radical (unpaired) electrons. The second-order valence-corrected chi connectivity index (χ2v) is 9.24. The molecule has 3 aromatic rings. The third-order valence-electron chi connectivity index (χ3n) is 5.93. The summed E-state index contributed by atoms with van der Waals surface area (Å²) in [5.41, 5.74) is 2.17. The normalized spacial score (nSPS) is 23.7. The molecule has 1 aliphatic heterocycles. The van der Waals surface area contributed by atoms with Crippen molar-refractivity contribution in [3.8, 4) is 27.7 Å². The van der Waals surface area contributed by atoms with Crippen LogP contribution in [0.1, 0.15) is 19.4 Å². The maximum Gasteiger partial charge on any atom is 0.573 e. The molecule has 1 fully saturated rings. The summed E-state index contributed by atoms with van der Waals surface area (Å²) >= 11 is 1.18. The molecule has 210 valence electrons. The molecule has 9 nitrogen and oxygen atoms in total. The molecule has 5 atom stereocenters. The lowest BCUT2D eigenvalue weighted by molar-refractivity contribution is -0.308. The van der Waals surface area contributed by atoms with Gasteiger partial charge in [0, 0.05) is 32.0 Å². The number of alkyl halides is 3. The van der Waals surface area contributed by atoms with E-state index >= 15 is 0 Å². The maximum atomic E-state index is 12.4. The third kappa shape index (κ3) is 7.31. The van der Waals surface area contributed by atoms with Gasteiger partial charge in [0.2, 0.25) is 0 Å². The van der Waals surface area contributed by atoms with Gasteiger partial charge in [-0.2, -0.15) is 4.37 Å². The molecule has 0 saturated carbocycles. The fraction of sp³-hybridized carbons (Fsp3) is 0.423. The highest BCUT2D eigenvalue weighted by Gasteiger charge is 2.47. The van der Waals surface area contributed by atoms with E-state index in [2.05, 4.69) is 19.3 Å². The van der Waals surface area contributed by atoms with E-state index in [9.17, 15) is 13.2 Å². The summed E-state index contributed by atoms with van der Waals surface area (Å²) in [4.78, 5) is 10.1. The van der Waals surface area contributed by atoms with E-state index in [0.29, 0.717) is 23.0 Å². The van der Waals surface area contributed by atoms with Gasteiger partial charge in [-0.1, -0.05) is 29.4 Å². The van der Waals surface area contributed by atoms with Crippen LogP contribution in [0.4, 0.5) is 13.2 Å². The van der Waals surface area contributed by atoms with E-state index in [0.717, 1.165) is 11.1 Å². The first-order valence-electron chi connectivity index (χ1n) is 12.0. The van der Waals surface area contributed by atoms with Gasteiger partial charge in [0.05, 0.1) is 12.3 Å². The molecule has 1 saturated heterocycles. The molecule has 0 bridgehead atoms. The predicted molar refractivity (Wildman–Crippen MR) is 137 cm³/mol. The first kappa shape index (κ1) is 28.9. The minimum Gasteiger partial charge on any atom is -0.406 e. The standard InChI is InChI=1S/C26H28F3N3O6S/c1-5-35-21-20(33-3)15(2)36-25(22(21)34-4)38-30-14-16-6-8-18(9-7-16)24-31-23(32-39-24)17-10-12-19(13-11-17)37-26(27,28)29/h6-15,20-22,25H,5H2,1-4H3/b30-14+/t15-,20-,21+,22+,25-/m0/s1. The van der Waals surface area contributed by atoms with Gasteiger partial charge in [-0.3, -0.25) is 0 Å². The van der Waals surface area contributed by atoms with Gasteiger partial charge in [-0.05, 0) is 55.2 Å². The summed E-state index contributed by atoms with van der Waals surface area (Å²) in [5, 5.41) is 4.74. The Hall–Kier alpha value is -3.10. The van der Waals surface area contributed by atoms with Gasteiger partial charge in [-0.25, -0.2) is 4.98 Å². The van der Waals surface area contributed by atoms with Crippen molar-refractivity contribution in [2.45, 2.75) is 50.9 Å². The van der Waals surface area contributed by atoms with E-state index in [1.165, 1.54) is 35.8 Å². The summed E-state index contributed by atoms with van der Waals surface area (Å²) in [6.07, 6.45) is -5.49. The number of benzene rings is 2. The quantitative estimate of drug-likeness (QED) is 0.241.